The van der Waals surface area contributed by atoms with Crippen molar-refractivity contribution in [3.63, 3.8) is 0 Å². The fourth-order valence-electron chi connectivity index (χ4n) is 1.71. The molecule has 7 heteroatoms. The smallest absolute Gasteiger partial charge is 0.321 e. The monoisotopic (exact) mass is 402 g/mol. The summed E-state index contributed by atoms with van der Waals surface area (Å²) in [6.45, 7) is 1.90. The number of hydrogen-bond acceptors (Lipinski definition) is 2. The predicted octanol–water partition coefficient (Wildman–Crippen LogP) is 5.22. The van der Waals surface area contributed by atoms with Crippen LogP contribution in [0.15, 0.2) is 40.9 Å². The van der Waals surface area contributed by atoms with E-state index >= 15 is 0 Å². The van der Waals surface area contributed by atoms with E-state index in [4.69, 9.17) is 27.9 Å². The second-order valence-corrected chi connectivity index (χ2v) is 6.21. The van der Waals surface area contributed by atoms with Crippen LogP contribution in [0.2, 0.25) is 10.0 Å². The van der Waals surface area contributed by atoms with Crippen molar-refractivity contribution in [2.24, 2.45) is 0 Å². The molecule has 0 spiro atoms. The van der Waals surface area contributed by atoms with Crippen molar-refractivity contribution in [1.82, 2.24) is 5.32 Å². The van der Waals surface area contributed by atoms with Gasteiger partial charge in [0.05, 0.1) is 5.02 Å². The topological polar surface area (TPSA) is 50.4 Å². The van der Waals surface area contributed by atoms with Gasteiger partial charge in [0.2, 0.25) is 0 Å². The van der Waals surface area contributed by atoms with Crippen LogP contribution >= 0.6 is 39.1 Å². The zero-order valence-electron chi connectivity index (χ0n) is 11.6. The zero-order chi connectivity index (χ0) is 16.1. The molecule has 0 radical (unpaired) electrons. The number of ether oxygens (including phenoxy) is 1. The summed E-state index contributed by atoms with van der Waals surface area (Å²) in [4.78, 5) is 11.8. The number of benzene rings is 2. The molecular formula is C15H13BrCl2N2O2. The summed E-state index contributed by atoms with van der Waals surface area (Å²) in [7, 11) is 0. The number of amides is 2. The number of carbonyl (C=O) groups excluding carboxylic acids is 1. The third kappa shape index (κ3) is 4.80. The molecule has 0 unspecified atom stereocenters. The molecule has 0 atom stereocenters. The lowest BCUT2D eigenvalue weighted by molar-refractivity contribution is 0.234. The number of nitrogens with one attached hydrogen (secondary N) is 2. The lowest BCUT2D eigenvalue weighted by Crippen LogP contribution is -2.32. The van der Waals surface area contributed by atoms with Crippen LogP contribution in [0.3, 0.4) is 0 Å². The summed E-state index contributed by atoms with van der Waals surface area (Å²) in [6.07, 6.45) is 0. The Bertz CT molecular complexity index is 695. The maximum Gasteiger partial charge on any atom is 0.321 e. The fraction of sp³-hybridized carbons (Fsp3) is 0.133. The number of hydrogen-bond donors (Lipinski definition) is 2. The molecule has 116 valence electrons. The minimum atomic E-state index is -0.365. The predicted molar refractivity (Wildman–Crippen MR) is 93.0 cm³/mol. The summed E-state index contributed by atoms with van der Waals surface area (Å²) in [5, 5.41) is 6.24. The second-order valence-electron chi connectivity index (χ2n) is 4.45. The summed E-state index contributed by atoms with van der Waals surface area (Å²) in [6, 6.07) is 10.1. The van der Waals surface area contributed by atoms with Gasteiger partial charge in [0.1, 0.15) is 5.75 Å². The Morgan fingerprint density at radius 2 is 2.00 bits per heavy atom. The van der Waals surface area contributed by atoms with E-state index in [-0.39, 0.29) is 12.8 Å². The second kappa shape index (κ2) is 7.72. The maximum absolute atomic E-state index is 11.8. The van der Waals surface area contributed by atoms with Crippen LogP contribution in [-0.2, 0) is 0 Å². The molecule has 2 N–H and O–H groups in total. The van der Waals surface area contributed by atoms with Crippen molar-refractivity contribution in [3.8, 4) is 5.75 Å². The molecule has 0 heterocycles. The van der Waals surface area contributed by atoms with Gasteiger partial charge in [0.15, 0.2) is 6.73 Å². The van der Waals surface area contributed by atoms with Gasteiger partial charge in [-0.05, 0) is 48.9 Å². The zero-order valence-corrected chi connectivity index (χ0v) is 14.7. The molecule has 0 fully saturated rings. The minimum absolute atomic E-state index is 0.0111. The lowest BCUT2D eigenvalue weighted by Gasteiger charge is -2.12. The van der Waals surface area contributed by atoms with Crippen molar-refractivity contribution < 1.29 is 9.53 Å². The Hall–Kier alpha value is -1.43. The molecule has 0 saturated carbocycles. The Balaban J connectivity index is 1.85. The van der Waals surface area contributed by atoms with Crippen molar-refractivity contribution in [3.05, 3.63) is 56.5 Å². The van der Waals surface area contributed by atoms with E-state index in [9.17, 15) is 4.79 Å². The van der Waals surface area contributed by atoms with E-state index in [2.05, 4.69) is 26.6 Å². The average Bonchev–Trinajstić information content (AvgIpc) is 2.44. The molecule has 0 aliphatic heterocycles. The number of rotatable bonds is 4. The molecule has 0 aliphatic rings. The summed E-state index contributed by atoms with van der Waals surface area (Å²) >= 11 is 15.1. The van der Waals surface area contributed by atoms with Gasteiger partial charge in [0, 0.05) is 15.2 Å². The molecule has 2 amide bonds. The van der Waals surface area contributed by atoms with Crippen LogP contribution in [0.5, 0.6) is 5.75 Å². The highest BCUT2D eigenvalue weighted by atomic mass is 79.9. The molecular weight excluding hydrogens is 391 g/mol. The number of aryl methyl sites for hydroxylation is 1. The first-order chi connectivity index (χ1) is 10.5. The lowest BCUT2D eigenvalue weighted by atomic mass is 10.2. The Kier molecular flexibility index (Phi) is 5.94. The first kappa shape index (κ1) is 16.9. The largest absolute Gasteiger partial charge is 0.472 e. The Morgan fingerprint density at radius 3 is 2.68 bits per heavy atom. The standard InChI is InChI=1S/C15H13BrCl2N2O2/c1-9-6-10(16)2-4-13(9)20-15(21)19-8-22-14-5-3-11(17)7-12(14)18/h2-7H,8H2,1H3,(H2,19,20,21). The SMILES string of the molecule is Cc1cc(Br)ccc1NC(=O)NCOc1ccc(Cl)cc1Cl. The number of urea groups is 1. The first-order valence-electron chi connectivity index (χ1n) is 6.34. The Morgan fingerprint density at radius 1 is 1.23 bits per heavy atom. The van der Waals surface area contributed by atoms with Gasteiger partial charge in [-0.2, -0.15) is 0 Å². The minimum Gasteiger partial charge on any atom is -0.472 e. The van der Waals surface area contributed by atoms with Gasteiger partial charge in [-0.25, -0.2) is 4.79 Å². The molecule has 4 nitrogen and oxygen atoms in total. The molecule has 2 rings (SSSR count). The maximum atomic E-state index is 11.8. The summed E-state index contributed by atoms with van der Waals surface area (Å²) < 4.78 is 6.33. The average molecular weight is 404 g/mol. The number of halogens is 3. The fourth-order valence-corrected chi connectivity index (χ4v) is 2.64. The van der Waals surface area contributed by atoms with Crippen molar-refractivity contribution in [1.29, 1.82) is 0 Å². The van der Waals surface area contributed by atoms with Gasteiger partial charge >= 0.3 is 6.03 Å². The van der Waals surface area contributed by atoms with Gasteiger partial charge in [-0.15, -0.1) is 0 Å². The summed E-state index contributed by atoms with van der Waals surface area (Å²) in [5.41, 5.74) is 1.68. The van der Waals surface area contributed by atoms with E-state index in [0.717, 1.165) is 15.7 Å². The summed E-state index contributed by atoms with van der Waals surface area (Å²) in [5.74, 6) is 0.450. The molecule has 22 heavy (non-hydrogen) atoms. The van der Waals surface area contributed by atoms with Gasteiger partial charge in [0.25, 0.3) is 0 Å². The molecule has 0 aromatic heterocycles. The van der Waals surface area contributed by atoms with E-state index in [1.54, 1.807) is 18.2 Å². The Labute approximate surface area is 146 Å². The highest BCUT2D eigenvalue weighted by Gasteiger charge is 2.06. The third-order valence-corrected chi connectivity index (χ3v) is 3.81. The highest BCUT2D eigenvalue weighted by Crippen LogP contribution is 2.27. The van der Waals surface area contributed by atoms with Crippen LogP contribution < -0.4 is 15.4 Å². The molecule has 2 aromatic rings. The quantitative estimate of drug-likeness (QED) is 0.687. The molecule has 0 aliphatic carbocycles. The molecule has 2 aromatic carbocycles. The van der Waals surface area contributed by atoms with Crippen molar-refractivity contribution in [2.75, 3.05) is 12.0 Å². The molecule has 0 bridgehead atoms. The van der Waals surface area contributed by atoms with E-state index < -0.39 is 0 Å². The van der Waals surface area contributed by atoms with Crippen molar-refractivity contribution in [2.45, 2.75) is 6.92 Å². The van der Waals surface area contributed by atoms with Crippen LogP contribution in [0.25, 0.3) is 0 Å². The van der Waals surface area contributed by atoms with Crippen molar-refractivity contribution >= 4 is 50.9 Å². The number of carbonyl (C=O) groups is 1. The van der Waals surface area contributed by atoms with E-state index in [1.165, 1.54) is 0 Å². The van der Waals surface area contributed by atoms with Gasteiger partial charge in [-0.1, -0.05) is 39.1 Å². The van der Waals surface area contributed by atoms with Gasteiger partial charge < -0.3 is 15.4 Å². The van der Waals surface area contributed by atoms with Gasteiger partial charge in [-0.3, -0.25) is 0 Å². The van der Waals surface area contributed by atoms with E-state index in [1.807, 2.05) is 25.1 Å². The van der Waals surface area contributed by atoms with Crippen LogP contribution in [0, 0.1) is 6.92 Å². The normalized spacial score (nSPS) is 10.2. The van der Waals surface area contributed by atoms with Crippen LogP contribution in [0.4, 0.5) is 10.5 Å². The third-order valence-electron chi connectivity index (χ3n) is 2.79. The van der Waals surface area contributed by atoms with Crippen LogP contribution in [-0.4, -0.2) is 12.8 Å². The first-order valence-corrected chi connectivity index (χ1v) is 7.89. The number of anilines is 1. The highest BCUT2D eigenvalue weighted by molar-refractivity contribution is 9.10. The van der Waals surface area contributed by atoms with E-state index in [0.29, 0.717) is 15.8 Å². The van der Waals surface area contributed by atoms with Crippen LogP contribution in [0.1, 0.15) is 5.56 Å². The molecule has 0 saturated heterocycles.